The molecule has 2 aliphatic rings. The van der Waals surface area contributed by atoms with E-state index < -0.39 is 105 Å². The number of carbonyl (C=O) groups excluding carboxylic acids is 3. The highest BCUT2D eigenvalue weighted by atomic mass is 16.7. The number of hydrogen-bond acceptors (Lipinski definition) is 16. The molecule has 16 heteroatoms. The number of aliphatic hydroxyl groups is 6. The zero-order valence-electron chi connectivity index (χ0n) is 39.2. The van der Waals surface area contributed by atoms with Gasteiger partial charge in [-0.1, -0.05) is 143 Å². The number of ether oxygens (including phenoxy) is 7. The van der Waals surface area contributed by atoms with Gasteiger partial charge >= 0.3 is 17.9 Å². The Morgan fingerprint density at radius 3 is 1.41 bits per heavy atom. The largest absolute Gasteiger partial charge is 0.463 e. The lowest BCUT2D eigenvalue weighted by Crippen LogP contribution is -2.65. The lowest BCUT2D eigenvalue weighted by molar-refractivity contribution is -0.361. The molecule has 16 nitrogen and oxygen atoms in total. The summed E-state index contributed by atoms with van der Waals surface area (Å²) in [5, 5.41) is 64.9. The van der Waals surface area contributed by atoms with Crippen LogP contribution in [0.3, 0.4) is 0 Å². The number of esters is 3. The van der Waals surface area contributed by atoms with Crippen molar-refractivity contribution in [2.75, 3.05) is 26.4 Å². The smallest absolute Gasteiger partial charge is 0.305 e. The Hall–Kier alpha value is -1.99. The molecule has 2 heterocycles. The minimum atomic E-state index is -1.87. The SMILES string of the molecule is CC(=O)OCC1OC(OC2C(O)C(COC(=O)CCCCCCCCCCCC(C)C)OC(OCC(O)COC(=O)CCCCCCCCCCCC(C)C)C2O)C(O)C(O)C1O. The maximum absolute atomic E-state index is 12.7. The minimum Gasteiger partial charge on any atom is -0.463 e. The number of unbranched alkanes of at least 4 members (excludes halogenated alkanes) is 16. The fourth-order valence-electron chi connectivity index (χ4n) is 7.74. The first-order valence-electron chi connectivity index (χ1n) is 24.2. The van der Waals surface area contributed by atoms with E-state index in [0.29, 0.717) is 12.8 Å². The third kappa shape index (κ3) is 24.9. The zero-order chi connectivity index (χ0) is 46.6. The maximum Gasteiger partial charge on any atom is 0.305 e. The van der Waals surface area contributed by atoms with E-state index in [1.165, 1.54) is 70.6 Å². The van der Waals surface area contributed by atoms with Gasteiger partial charge in [0.05, 0.1) is 6.61 Å². The second kappa shape index (κ2) is 33.5. The lowest BCUT2D eigenvalue weighted by Gasteiger charge is -2.46. The fraction of sp³-hybridized carbons (Fsp3) is 0.936. The maximum atomic E-state index is 12.7. The molecule has 370 valence electrons. The molecule has 0 aromatic heterocycles. The Bertz CT molecular complexity index is 1200. The topological polar surface area (TPSA) is 237 Å². The van der Waals surface area contributed by atoms with Crippen LogP contribution >= 0.6 is 0 Å². The van der Waals surface area contributed by atoms with Crippen LogP contribution in [0.25, 0.3) is 0 Å². The van der Waals surface area contributed by atoms with Crippen molar-refractivity contribution in [2.45, 2.75) is 243 Å². The molecule has 0 bridgehead atoms. The molecule has 0 radical (unpaired) electrons. The number of rotatable bonds is 35. The van der Waals surface area contributed by atoms with Crippen LogP contribution in [0.1, 0.15) is 176 Å². The Morgan fingerprint density at radius 2 is 0.921 bits per heavy atom. The quantitative estimate of drug-likeness (QED) is 0.0260. The first-order valence-corrected chi connectivity index (χ1v) is 24.2. The van der Waals surface area contributed by atoms with Gasteiger partial charge in [0.2, 0.25) is 0 Å². The molecule has 6 N–H and O–H groups in total. The van der Waals surface area contributed by atoms with Crippen LogP contribution in [0.5, 0.6) is 0 Å². The second-order valence-corrected chi connectivity index (χ2v) is 18.5. The van der Waals surface area contributed by atoms with Crippen LogP contribution in [0.2, 0.25) is 0 Å². The van der Waals surface area contributed by atoms with Gasteiger partial charge in [-0.2, -0.15) is 0 Å². The molecular formula is C47H86O16. The van der Waals surface area contributed by atoms with E-state index in [1.54, 1.807) is 0 Å². The molecule has 2 saturated heterocycles. The van der Waals surface area contributed by atoms with Gasteiger partial charge in [0.25, 0.3) is 0 Å². The van der Waals surface area contributed by atoms with Crippen LogP contribution in [0.4, 0.5) is 0 Å². The predicted molar refractivity (Wildman–Crippen MR) is 234 cm³/mol. The highest BCUT2D eigenvalue weighted by Crippen LogP contribution is 2.30. The summed E-state index contributed by atoms with van der Waals surface area (Å²) in [4.78, 5) is 36.5. The number of hydrogen-bond donors (Lipinski definition) is 6. The van der Waals surface area contributed by atoms with E-state index in [-0.39, 0.29) is 19.4 Å². The van der Waals surface area contributed by atoms with Crippen LogP contribution in [-0.2, 0) is 47.5 Å². The number of carbonyl (C=O) groups is 3. The van der Waals surface area contributed by atoms with Crippen LogP contribution in [0.15, 0.2) is 0 Å². The molecule has 2 aliphatic heterocycles. The van der Waals surface area contributed by atoms with Gasteiger partial charge in [0, 0.05) is 19.8 Å². The summed E-state index contributed by atoms with van der Waals surface area (Å²) in [5.74, 6) is -0.165. The standard InChI is InChI=1S/C47H86O16/c1-32(2)24-20-16-12-8-6-10-14-18-22-26-38(50)58-28-35(49)29-60-46-44(56)45(63-47-43(55)42(54)40(52)36(62-47)30-57-34(5)48)41(53)37(61-46)31-59-39(51)27-23-19-15-11-7-9-13-17-21-25-33(3)4/h32-33,35-37,40-47,49,52-56H,6-31H2,1-5H3. The van der Waals surface area contributed by atoms with E-state index in [2.05, 4.69) is 27.7 Å². The molecule has 11 unspecified atom stereocenters. The van der Waals surface area contributed by atoms with Gasteiger partial charge < -0.3 is 63.8 Å². The van der Waals surface area contributed by atoms with Crippen molar-refractivity contribution in [1.29, 1.82) is 0 Å². The Balaban J connectivity index is 1.88. The summed E-state index contributed by atoms with van der Waals surface area (Å²) in [6, 6.07) is 0. The average molecular weight is 907 g/mol. The Morgan fingerprint density at radius 1 is 0.492 bits per heavy atom. The molecule has 0 saturated carbocycles. The molecule has 2 fully saturated rings. The molecule has 0 spiro atoms. The van der Waals surface area contributed by atoms with Crippen LogP contribution < -0.4 is 0 Å². The van der Waals surface area contributed by atoms with Crippen molar-refractivity contribution in [3.8, 4) is 0 Å². The van der Waals surface area contributed by atoms with E-state index in [4.69, 9.17) is 33.2 Å². The Labute approximate surface area is 377 Å². The van der Waals surface area contributed by atoms with Crippen LogP contribution in [-0.4, -0.2) is 142 Å². The minimum absolute atomic E-state index is 0.149. The summed E-state index contributed by atoms with van der Waals surface area (Å²) in [6.45, 7) is 8.31. The molecule has 0 aromatic rings. The molecule has 2 rings (SSSR count). The van der Waals surface area contributed by atoms with Crippen molar-refractivity contribution >= 4 is 17.9 Å². The van der Waals surface area contributed by atoms with E-state index in [9.17, 15) is 45.0 Å². The molecule has 11 atom stereocenters. The average Bonchev–Trinajstić information content (AvgIpc) is 3.23. The Kier molecular flexibility index (Phi) is 30.4. The number of aliphatic hydroxyl groups excluding tert-OH is 6. The van der Waals surface area contributed by atoms with Gasteiger partial charge in [0.15, 0.2) is 12.6 Å². The van der Waals surface area contributed by atoms with Gasteiger partial charge in [0.1, 0.15) is 74.8 Å². The molecule has 0 aliphatic carbocycles. The summed E-state index contributed by atoms with van der Waals surface area (Å²) in [7, 11) is 0. The fourth-order valence-corrected chi connectivity index (χ4v) is 7.74. The lowest BCUT2D eigenvalue weighted by atomic mass is 9.97. The van der Waals surface area contributed by atoms with Gasteiger partial charge in [-0.3, -0.25) is 14.4 Å². The molecule has 0 amide bonds. The van der Waals surface area contributed by atoms with Crippen molar-refractivity contribution in [1.82, 2.24) is 0 Å². The molecule has 63 heavy (non-hydrogen) atoms. The van der Waals surface area contributed by atoms with Crippen molar-refractivity contribution in [2.24, 2.45) is 11.8 Å². The third-order valence-electron chi connectivity index (χ3n) is 11.7. The summed E-state index contributed by atoms with van der Waals surface area (Å²) in [5.41, 5.74) is 0. The van der Waals surface area contributed by atoms with E-state index in [0.717, 1.165) is 63.7 Å². The predicted octanol–water partition coefficient (Wildman–Crippen LogP) is 5.55. The first kappa shape index (κ1) is 57.1. The summed E-state index contributed by atoms with van der Waals surface area (Å²) in [6.07, 6.45) is 4.87. The van der Waals surface area contributed by atoms with Crippen molar-refractivity contribution in [3.05, 3.63) is 0 Å². The van der Waals surface area contributed by atoms with E-state index >= 15 is 0 Å². The highest BCUT2D eigenvalue weighted by molar-refractivity contribution is 5.69. The second-order valence-electron chi connectivity index (χ2n) is 18.5. The first-order chi connectivity index (χ1) is 30.1. The summed E-state index contributed by atoms with van der Waals surface area (Å²) >= 11 is 0. The monoisotopic (exact) mass is 907 g/mol. The highest BCUT2D eigenvalue weighted by Gasteiger charge is 2.51. The van der Waals surface area contributed by atoms with E-state index in [1.807, 2.05) is 0 Å². The zero-order valence-corrected chi connectivity index (χ0v) is 39.2. The van der Waals surface area contributed by atoms with Gasteiger partial charge in [-0.05, 0) is 24.7 Å². The molecule has 0 aromatic carbocycles. The molecular weight excluding hydrogens is 821 g/mol. The summed E-state index contributed by atoms with van der Waals surface area (Å²) < 4.78 is 38.5. The normalized spacial score (nSPS) is 26.8. The van der Waals surface area contributed by atoms with Gasteiger partial charge in [-0.25, -0.2) is 0 Å². The van der Waals surface area contributed by atoms with Crippen molar-refractivity contribution < 1.29 is 78.2 Å². The van der Waals surface area contributed by atoms with Crippen molar-refractivity contribution in [3.63, 3.8) is 0 Å². The third-order valence-corrected chi connectivity index (χ3v) is 11.7. The van der Waals surface area contributed by atoms with Crippen LogP contribution in [0, 0.1) is 11.8 Å². The van der Waals surface area contributed by atoms with Gasteiger partial charge in [-0.15, -0.1) is 0 Å².